The summed E-state index contributed by atoms with van der Waals surface area (Å²) in [6.45, 7) is 2.25. The number of ether oxygens (including phenoxy) is 1. The molecule has 1 N–H and O–H groups in total. The van der Waals surface area contributed by atoms with Gasteiger partial charge >= 0.3 is 0 Å². The van der Waals surface area contributed by atoms with E-state index in [0.717, 1.165) is 36.6 Å². The highest BCUT2D eigenvalue weighted by Gasteiger charge is 2.90. The second-order valence-electron chi connectivity index (χ2n) is 6.88. The molecule has 0 aromatic heterocycles. The molecule has 0 radical (unpaired) electrons. The smallest absolute Gasteiger partial charge is 0.267 e. The van der Waals surface area contributed by atoms with Gasteiger partial charge in [-0.05, 0) is 29.7 Å². The molecule has 5 nitrogen and oxygen atoms in total. The van der Waals surface area contributed by atoms with Crippen LogP contribution in [0, 0.1) is 29.0 Å². The second-order valence-corrected chi connectivity index (χ2v) is 9.04. The lowest BCUT2D eigenvalue weighted by atomic mass is 10.1. The fraction of sp³-hybridized carbons (Fsp3) is 0.533. The van der Waals surface area contributed by atoms with Crippen LogP contribution in [-0.2, 0) is 10.0 Å². The first-order valence-electron chi connectivity index (χ1n) is 7.30. The average Bonchev–Trinajstić information content (AvgIpc) is 3.05. The number of fused-ring (bicyclic) bond motifs is 1. The molecule has 4 saturated carbocycles. The van der Waals surface area contributed by atoms with Crippen molar-refractivity contribution in [3.63, 3.8) is 0 Å². The Morgan fingerprint density at radius 1 is 1.43 bits per heavy atom. The van der Waals surface area contributed by atoms with Crippen molar-refractivity contribution >= 4 is 27.5 Å². The zero-order valence-corrected chi connectivity index (χ0v) is 14.0. The summed E-state index contributed by atoms with van der Waals surface area (Å²) in [7, 11) is -3.78. The number of carbonyl (C=O) groups excluding carboxylic acids is 1. The third kappa shape index (κ3) is 2.16. The molecule has 1 amide bonds. The Bertz CT molecular complexity index is 836. The first-order chi connectivity index (χ1) is 10.6. The summed E-state index contributed by atoms with van der Waals surface area (Å²) in [5, 5.41) is 0.0919. The highest BCUT2D eigenvalue weighted by Crippen LogP contribution is 2.91. The lowest BCUT2D eigenvalue weighted by Gasteiger charge is -2.16. The summed E-state index contributed by atoms with van der Waals surface area (Å²) in [4.78, 5) is 11.8. The van der Waals surface area contributed by atoms with Crippen LogP contribution in [0.4, 0.5) is 4.39 Å². The van der Waals surface area contributed by atoms with E-state index in [0.29, 0.717) is 11.3 Å². The quantitative estimate of drug-likeness (QED) is 0.894. The van der Waals surface area contributed by atoms with Crippen molar-refractivity contribution in [3.8, 4) is 5.75 Å². The van der Waals surface area contributed by atoms with Crippen LogP contribution in [0.5, 0.6) is 5.75 Å². The van der Waals surface area contributed by atoms with Crippen molar-refractivity contribution in [3.05, 3.63) is 28.5 Å². The van der Waals surface area contributed by atoms with Crippen molar-refractivity contribution in [2.45, 2.75) is 19.4 Å². The topological polar surface area (TPSA) is 72.5 Å². The number of nitrogens with one attached hydrogen (secondary N) is 1. The Hall–Kier alpha value is -1.34. The Morgan fingerprint density at radius 2 is 2.09 bits per heavy atom. The monoisotopic (exact) mass is 359 g/mol. The Labute approximate surface area is 138 Å². The molecular formula is C15H15ClFNO4S. The average molecular weight is 360 g/mol. The molecule has 5 unspecified atom stereocenters. The number of halogens is 2. The molecule has 124 valence electrons. The molecule has 4 fully saturated rings. The van der Waals surface area contributed by atoms with Crippen molar-refractivity contribution in [2.75, 3.05) is 6.26 Å². The highest BCUT2D eigenvalue weighted by atomic mass is 35.5. The van der Waals surface area contributed by atoms with E-state index in [4.69, 9.17) is 16.3 Å². The fourth-order valence-corrected chi connectivity index (χ4v) is 5.03. The van der Waals surface area contributed by atoms with E-state index < -0.39 is 27.3 Å². The van der Waals surface area contributed by atoms with E-state index in [2.05, 4.69) is 6.92 Å². The third-order valence-electron chi connectivity index (χ3n) is 5.55. The van der Waals surface area contributed by atoms with Crippen LogP contribution in [0.3, 0.4) is 0 Å². The summed E-state index contributed by atoms with van der Waals surface area (Å²) >= 11 is 6.08. The Balaban J connectivity index is 1.54. The molecule has 8 heteroatoms. The standard InChI is InChI=1S/C15H15ClFNO4S/c1-15-7-4-11(13(15)12(7)15)22-10-5-9(17)6(3-8(10)16)14(19)18-23(2,20)21/h3,5,7,11-13H,4H2,1-2H3,(H,18,19). The Kier molecular flexibility index (Phi) is 2.90. The van der Waals surface area contributed by atoms with Gasteiger partial charge in [0, 0.05) is 12.0 Å². The maximum atomic E-state index is 14.1. The van der Waals surface area contributed by atoms with Crippen molar-refractivity contribution in [1.82, 2.24) is 4.72 Å². The number of hydrogen-bond donors (Lipinski definition) is 1. The first-order valence-corrected chi connectivity index (χ1v) is 9.57. The number of benzene rings is 1. The summed E-state index contributed by atoms with van der Waals surface area (Å²) < 4.78 is 43.8. The van der Waals surface area contributed by atoms with Crippen LogP contribution >= 0.6 is 11.6 Å². The van der Waals surface area contributed by atoms with E-state index in [1.54, 1.807) is 4.72 Å². The van der Waals surface area contributed by atoms with Gasteiger partial charge in [-0.15, -0.1) is 0 Å². The molecule has 1 aromatic carbocycles. The summed E-state index contributed by atoms with van der Waals surface area (Å²) in [6.07, 6.45) is 1.82. The van der Waals surface area contributed by atoms with Gasteiger partial charge in [0.05, 0.1) is 16.8 Å². The molecule has 1 aromatic rings. The molecule has 0 aliphatic heterocycles. The van der Waals surface area contributed by atoms with Gasteiger partial charge in [-0.3, -0.25) is 4.79 Å². The molecule has 0 saturated heterocycles. The number of sulfonamides is 1. The molecule has 5 atom stereocenters. The van der Waals surface area contributed by atoms with Crippen LogP contribution in [0.15, 0.2) is 12.1 Å². The number of amides is 1. The summed E-state index contributed by atoms with van der Waals surface area (Å²) in [5.74, 6) is 0.269. The van der Waals surface area contributed by atoms with Gasteiger partial charge in [0.25, 0.3) is 5.91 Å². The van der Waals surface area contributed by atoms with E-state index in [1.165, 1.54) is 0 Å². The molecule has 2 bridgehead atoms. The van der Waals surface area contributed by atoms with E-state index in [9.17, 15) is 17.6 Å². The van der Waals surface area contributed by atoms with Crippen LogP contribution in [0.2, 0.25) is 5.02 Å². The minimum Gasteiger partial charge on any atom is -0.488 e. The normalized spacial score (nSPS) is 36.3. The van der Waals surface area contributed by atoms with Gasteiger partial charge in [-0.1, -0.05) is 18.5 Å². The maximum absolute atomic E-state index is 14.1. The SMILES string of the molecule is CC12C3CC(Oc4cc(F)c(C(=O)NS(C)(=O)=O)cc4Cl)C1C32. The highest BCUT2D eigenvalue weighted by molar-refractivity contribution is 7.89. The minimum absolute atomic E-state index is 0.0441. The predicted octanol–water partition coefficient (Wildman–Crippen LogP) is 2.20. The van der Waals surface area contributed by atoms with E-state index in [1.807, 2.05) is 0 Å². The molecule has 4 aliphatic carbocycles. The molecular weight excluding hydrogens is 345 g/mol. The third-order valence-corrected chi connectivity index (χ3v) is 6.40. The molecule has 0 heterocycles. The van der Waals surface area contributed by atoms with Crippen molar-refractivity contribution in [2.24, 2.45) is 23.2 Å². The zero-order chi connectivity index (χ0) is 16.7. The zero-order valence-electron chi connectivity index (χ0n) is 12.5. The minimum atomic E-state index is -3.78. The van der Waals surface area contributed by atoms with Crippen LogP contribution in [-0.4, -0.2) is 26.7 Å². The molecule has 4 aliphatic rings. The predicted molar refractivity (Wildman–Crippen MR) is 81.3 cm³/mol. The molecule has 5 rings (SSSR count). The van der Waals surface area contributed by atoms with Crippen molar-refractivity contribution in [1.29, 1.82) is 0 Å². The fourth-order valence-electron chi connectivity index (χ4n) is 4.37. The maximum Gasteiger partial charge on any atom is 0.267 e. The first kappa shape index (κ1) is 15.2. The largest absolute Gasteiger partial charge is 0.488 e. The van der Waals surface area contributed by atoms with Gasteiger partial charge < -0.3 is 4.74 Å². The second kappa shape index (κ2) is 4.39. The van der Waals surface area contributed by atoms with Crippen LogP contribution in [0.1, 0.15) is 23.7 Å². The lowest BCUT2D eigenvalue weighted by Crippen LogP contribution is -2.30. The van der Waals surface area contributed by atoms with Crippen LogP contribution in [0.25, 0.3) is 0 Å². The van der Waals surface area contributed by atoms with Gasteiger partial charge in [0.1, 0.15) is 17.7 Å². The van der Waals surface area contributed by atoms with E-state index >= 15 is 0 Å². The Morgan fingerprint density at radius 3 is 2.61 bits per heavy atom. The number of rotatable bonds is 4. The lowest BCUT2D eigenvalue weighted by molar-refractivity contribution is 0.0977. The van der Waals surface area contributed by atoms with Gasteiger partial charge in [-0.25, -0.2) is 17.5 Å². The van der Waals surface area contributed by atoms with Gasteiger partial charge in [-0.2, -0.15) is 0 Å². The summed E-state index contributed by atoms with van der Waals surface area (Å²) in [6, 6.07) is 2.15. The molecule has 0 spiro atoms. The molecule has 23 heavy (non-hydrogen) atoms. The number of hydrogen-bond acceptors (Lipinski definition) is 4. The van der Waals surface area contributed by atoms with Crippen LogP contribution < -0.4 is 9.46 Å². The van der Waals surface area contributed by atoms with Gasteiger partial charge in [0.2, 0.25) is 10.0 Å². The van der Waals surface area contributed by atoms with Crippen molar-refractivity contribution < 1.29 is 22.3 Å². The van der Waals surface area contributed by atoms with Gasteiger partial charge in [0.15, 0.2) is 0 Å². The summed E-state index contributed by atoms with van der Waals surface area (Å²) in [5.41, 5.74) is -0.00793. The number of carbonyl (C=O) groups is 1. The van der Waals surface area contributed by atoms with E-state index in [-0.39, 0.29) is 16.9 Å².